The highest BCUT2D eigenvalue weighted by atomic mass is 32.2. The van der Waals surface area contributed by atoms with Crippen LogP contribution in [0.15, 0.2) is 46.9 Å². The van der Waals surface area contributed by atoms with E-state index in [1.807, 2.05) is 42.5 Å². The van der Waals surface area contributed by atoms with Gasteiger partial charge in [0.05, 0.1) is 5.75 Å². The molecule has 0 aliphatic heterocycles. The van der Waals surface area contributed by atoms with Crippen LogP contribution < -0.4 is 5.32 Å². The Hall–Kier alpha value is -1.85. The molecule has 1 unspecified atom stereocenters. The molecule has 0 saturated carbocycles. The van der Waals surface area contributed by atoms with Gasteiger partial charge in [-0.25, -0.2) is 8.42 Å². The van der Waals surface area contributed by atoms with Gasteiger partial charge in [-0.2, -0.15) is 0 Å². The van der Waals surface area contributed by atoms with E-state index in [0.717, 1.165) is 27.5 Å². The fourth-order valence-electron chi connectivity index (χ4n) is 2.61. The molecule has 0 aliphatic carbocycles. The van der Waals surface area contributed by atoms with E-state index in [2.05, 4.69) is 5.32 Å². The van der Waals surface area contributed by atoms with Gasteiger partial charge in [0.25, 0.3) is 0 Å². The Bertz CT molecular complexity index is 896. The van der Waals surface area contributed by atoms with Crippen LogP contribution in [-0.2, 0) is 9.84 Å². The van der Waals surface area contributed by atoms with E-state index in [0.29, 0.717) is 0 Å². The number of nitrogens with one attached hydrogen (secondary N) is 1. The standard InChI is InChI=1S/C16H17NO3S/c1-17-14(10-21(2,18)19)11-7-8-16-13(9-11)12-5-3-4-6-15(12)20-16/h3-9,14,17H,10H2,1-2H3. The first kappa shape index (κ1) is 14.1. The summed E-state index contributed by atoms with van der Waals surface area (Å²) < 4.78 is 28.9. The molecule has 1 aromatic heterocycles. The normalized spacial score (nSPS) is 13.8. The molecule has 1 atom stereocenters. The highest BCUT2D eigenvalue weighted by Gasteiger charge is 2.17. The molecular formula is C16H17NO3S. The van der Waals surface area contributed by atoms with Gasteiger partial charge in [0, 0.05) is 23.1 Å². The molecule has 1 heterocycles. The van der Waals surface area contributed by atoms with Crippen molar-refractivity contribution < 1.29 is 12.8 Å². The van der Waals surface area contributed by atoms with Crippen molar-refractivity contribution in [3.63, 3.8) is 0 Å². The summed E-state index contributed by atoms with van der Waals surface area (Å²) in [7, 11) is -1.28. The predicted octanol–water partition coefficient (Wildman–Crippen LogP) is 2.89. The number of furan rings is 1. The van der Waals surface area contributed by atoms with Gasteiger partial charge >= 0.3 is 0 Å². The third-order valence-corrected chi connectivity index (χ3v) is 4.56. The third kappa shape index (κ3) is 2.80. The fraction of sp³-hybridized carbons (Fsp3) is 0.250. The molecule has 0 radical (unpaired) electrons. The van der Waals surface area contributed by atoms with Gasteiger partial charge < -0.3 is 9.73 Å². The third-order valence-electron chi connectivity index (χ3n) is 3.62. The van der Waals surface area contributed by atoms with Crippen molar-refractivity contribution in [1.29, 1.82) is 0 Å². The summed E-state index contributed by atoms with van der Waals surface area (Å²) in [5.74, 6) is 0.0742. The van der Waals surface area contributed by atoms with Crippen molar-refractivity contribution in [2.45, 2.75) is 6.04 Å². The van der Waals surface area contributed by atoms with Crippen LogP contribution in [-0.4, -0.2) is 27.5 Å². The zero-order chi connectivity index (χ0) is 15.0. The Balaban J connectivity index is 2.13. The lowest BCUT2D eigenvalue weighted by atomic mass is 10.0. The molecule has 0 bridgehead atoms. The fourth-order valence-corrected chi connectivity index (χ4v) is 3.57. The Morgan fingerprint density at radius 1 is 1.10 bits per heavy atom. The SMILES string of the molecule is CNC(CS(C)(=O)=O)c1ccc2oc3ccccc3c2c1. The lowest BCUT2D eigenvalue weighted by Gasteiger charge is -2.15. The van der Waals surface area contributed by atoms with Gasteiger partial charge in [-0.05, 0) is 30.8 Å². The summed E-state index contributed by atoms with van der Waals surface area (Å²) in [6, 6.07) is 13.4. The zero-order valence-electron chi connectivity index (χ0n) is 12.0. The van der Waals surface area contributed by atoms with Gasteiger partial charge in [-0.1, -0.05) is 24.3 Å². The van der Waals surface area contributed by atoms with Crippen molar-refractivity contribution in [3.8, 4) is 0 Å². The van der Waals surface area contributed by atoms with Crippen molar-refractivity contribution >= 4 is 31.8 Å². The summed E-state index contributed by atoms with van der Waals surface area (Å²) >= 11 is 0. The van der Waals surface area contributed by atoms with Crippen LogP contribution in [0.3, 0.4) is 0 Å². The Kier molecular flexibility index (Phi) is 3.47. The molecule has 110 valence electrons. The number of hydrogen-bond donors (Lipinski definition) is 1. The van der Waals surface area contributed by atoms with Crippen LogP contribution >= 0.6 is 0 Å². The van der Waals surface area contributed by atoms with E-state index in [1.165, 1.54) is 6.26 Å². The average Bonchev–Trinajstić information content (AvgIpc) is 2.81. The van der Waals surface area contributed by atoms with Gasteiger partial charge in [-0.15, -0.1) is 0 Å². The van der Waals surface area contributed by atoms with E-state index in [-0.39, 0.29) is 11.8 Å². The summed E-state index contributed by atoms with van der Waals surface area (Å²) in [6.45, 7) is 0. The van der Waals surface area contributed by atoms with Gasteiger partial charge in [0.1, 0.15) is 21.0 Å². The molecule has 3 aromatic rings. The first-order valence-corrected chi connectivity index (χ1v) is 8.80. The van der Waals surface area contributed by atoms with Crippen molar-refractivity contribution in [2.24, 2.45) is 0 Å². The lowest BCUT2D eigenvalue weighted by molar-refractivity contribution is 0.579. The van der Waals surface area contributed by atoms with Crippen LogP contribution in [0, 0.1) is 0 Å². The second-order valence-corrected chi connectivity index (χ2v) is 7.47. The molecule has 0 amide bonds. The molecule has 0 saturated heterocycles. The summed E-state index contributed by atoms with van der Waals surface area (Å²) in [6.07, 6.45) is 1.25. The van der Waals surface area contributed by atoms with Gasteiger partial charge in [0.2, 0.25) is 0 Å². The van der Waals surface area contributed by atoms with Crippen LogP contribution in [0.4, 0.5) is 0 Å². The monoisotopic (exact) mass is 303 g/mol. The van der Waals surface area contributed by atoms with Crippen LogP contribution in [0.5, 0.6) is 0 Å². The molecule has 4 nitrogen and oxygen atoms in total. The maximum atomic E-state index is 11.5. The number of rotatable bonds is 4. The molecule has 0 spiro atoms. The minimum Gasteiger partial charge on any atom is -0.456 e. The lowest BCUT2D eigenvalue weighted by Crippen LogP contribution is -2.24. The van der Waals surface area contributed by atoms with E-state index < -0.39 is 9.84 Å². The Morgan fingerprint density at radius 3 is 2.52 bits per heavy atom. The van der Waals surface area contributed by atoms with Crippen LogP contribution in [0.25, 0.3) is 21.9 Å². The van der Waals surface area contributed by atoms with Crippen molar-refractivity contribution in [1.82, 2.24) is 5.32 Å². The van der Waals surface area contributed by atoms with E-state index >= 15 is 0 Å². The number of hydrogen-bond acceptors (Lipinski definition) is 4. The van der Waals surface area contributed by atoms with E-state index in [9.17, 15) is 8.42 Å². The maximum Gasteiger partial charge on any atom is 0.149 e. The molecule has 1 N–H and O–H groups in total. The Morgan fingerprint density at radius 2 is 1.81 bits per heavy atom. The second kappa shape index (κ2) is 5.16. The summed E-state index contributed by atoms with van der Waals surface area (Å²) in [5, 5.41) is 5.13. The predicted molar refractivity (Wildman–Crippen MR) is 85.2 cm³/mol. The molecule has 2 aromatic carbocycles. The molecule has 0 fully saturated rings. The van der Waals surface area contributed by atoms with Gasteiger partial charge in [0.15, 0.2) is 0 Å². The number of para-hydroxylation sites is 1. The van der Waals surface area contributed by atoms with Crippen LogP contribution in [0.2, 0.25) is 0 Å². The molecule has 0 aliphatic rings. The molecule has 5 heteroatoms. The van der Waals surface area contributed by atoms with Gasteiger partial charge in [-0.3, -0.25) is 0 Å². The number of benzene rings is 2. The molecule has 3 rings (SSSR count). The quantitative estimate of drug-likeness (QED) is 0.805. The topological polar surface area (TPSA) is 59.3 Å². The first-order valence-electron chi connectivity index (χ1n) is 6.74. The minimum absolute atomic E-state index is 0.0742. The highest BCUT2D eigenvalue weighted by Crippen LogP contribution is 2.30. The molecule has 21 heavy (non-hydrogen) atoms. The smallest absolute Gasteiger partial charge is 0.149 e. The van der Waals surface area contributed by atoms with Crippen molar-refractivity contribution in [2.75, 3.05) is 19.1 Å². The molecular weight excluding hydrogens is 286 g/mol. The zero-order valence-corrected chi connectivity index (χ0v) is 12.8. The summed E-state index contributed by atoms with van der Waals surface area (Å²) in [4.78, 5) is 0. The minimum atomic E-state index is -3.05. The number of fused-ring (bicyclic) bond motifs is 3. The van der Waals surface area contributed by atoms with Crippen LogP contribution in [0.1, 0.15) is 11.6 Å². The first-order chi connectivity index (χ1) is 9.98. The van der Waals surface area contributed by atoms with E-state index in [1.54, 1.807) is 7.05 Å². The highest BCUT2D eigenvalue weighted by molar-refractivity contribution is 7.90. The van der Waals surface area contributed by atoms with Crippen molar-refractivity contribution in [3.05, 3.63) is 48.0 Å². The number of sulfone groups is 1. The van der Waals surface area contributed by atoms with E-state index in [4.69, 9.17) is 4.42 Å². The second-order valence-electron chi connectivity index (χ2n) is 5.29. The maximum absolute atomic E-state index is 11.5. The average molecular weight is 303 g/mol. The Labute approximate surface area is 123 Å². The summed E-state index contributed by atoms with van der Waals surface area (Å²) in [5.41, 5.74) is 2.60. The largest absolute Gasteiger partial charge is 0.456 e.